The highest BCUT2D eigenvalue weighted by Crippen LogP contribution is 2.33. The maximum Gasteiger partial charge on any atom is 0.410 e. The lowest BCUT2D eigenvalue weighted by Gasteiger charge is -2.45. The van der Waals surface area contributed by atoms with Crippen LogP contribution in [0.1, 0.15) is 44.4 Å². The van der Waals surface area contributed by atoms with Crippen LogP contribution in [0.3, 0.4) is 0 Å². The smallest absolute Gasteiger partial charge is 0.410 e. The molecule has 1 unspecified atom stereocenters. The molecule has 7 heteroatoms. The molecular formula is C25H32FN3O3. The van der Waals surface area contributed by atoms with Crippen molar-refractivity contribution in [1.29, 1.82) is 0 Å². The zero-order valence-electron chi connectivity index (χ0n) is 19.2. The molecule has 0 saturated carbocycles. The summed E-state index contributed by atoms with van der Waals surface area (Å²) >= 11 is 0. The van der Waals surface area contributed by atoms with Crippen LogP contribution in [0.15, 0.2) is 54.6 Å². The Balaban J connectivity index is 1.95. The van der Waals surface area contributed by atoms with Crippen molar-refractivity contribution in [3.8, 4) is 0 Å². The molecule has 0 aromatic heterocycles. The predicted molar refractivity (Wildman–Crippen MR) is 122 cm³/mol. The highest BCUT2D eigenvalue weighted by Gasteiger charge is 2.37. The highest BCUT2D eigenvalue weighted by atomic mass is 19.1. The van der Waals surface area contributed by atoms with Crippen molar-refractivity contribution in [3.05, 3.63) is 71.5 Å². The largest absolute Gasteiger partial charge is 0.444 e. The van der Waals surface area contributed by atoms with Crippen LogP contribution < -0.4 is 5.32 Å². The number of carbonyl (C=O) groups is 2. The van der Waals surface area contributed by atoms with Crippen molar-refractivity contribution in [2.24, 2.45) is 0 Å². The number of benzene rings is 2. The highest BCUT2D eigenvalue weighted by molar-refractivity contribution is 5.76. The van der Waals surface area contributed by atoms with Crippen LogP contribution in [0.4, 0.5) is 9.18 Å². The van der Waals surface area contributed by atoms with Crippen LogP contribution in [-0.2, 0) is 9.53 Å². The number of rotatable bonds is 5. The van der Waals surface area contributed by atoms with Gasteiger partial charge in [-0.15, -0.1) is 0 Å². The van der Waals surface area contributed by atoms with E-state index in [0.717, 1.165) is 11.1 Å². The van der Waals surface area contributed by atoms with Crippen LogP contribution in [0.25, 0.3) is 0 Å². The van der Waals surface area contributed by atoms with Gasteiger partial charge in [0.25, 0.3) is 0 Å². The molecule has 0 radical (unpaired) electrons. The molecule has 2 aromatic carbocycles. The van der Waals surface area contributed by atoms with E-state index in [4.69, 9.17) is 4.74 Å². The Bertz CT molecular complexity index is 930. The molecule has 1 fully saturated rings. The lowest BCUT2D eigenvalue weighted by atomic mass is 9.93. The normalized spacial score (nSPS) is 18.2. The van der Waals surface area contributed by atoms with Crippen molar-refractivity contribution >= 4 is 12.0 Å². The van der Waals surface area contributed by atoms with E-state index in [0.29, 0.717) is 19.6 Å². The SMILES string of the molecule is CNC(=O)C[C@@H]1CN(C(=O)OC(C)(C)C)CCN1C(c1ccccc1)c1cccc(F)c1. The second-order valence-electron chi connectivity index (χ2n) is 9.06. The molecule has 1 aliphatic heterocycles. The molecule has 3 rings (SSSR count). The van der Waals surface area contributed by atoms with Crippen LogP contribution in [0.5, 0.6) is 0 Å². The molecule has 2 amide bonds. The molecule has 32 heavy (non-hydrogen) atoms. The van der Waals surface area contributed by atoms with E-state index in [1.54, 1.807) is 18.0 Å². The van der Waals surface area contributed by atoms with Gasteiger partial charge >= 0.3 is 6.09 Å². The summed E-state index contributed by atoms with van der Waals surface area (Å²) in [5.74, 6) is -0.421. The number of nitrogens with zero attached hydrogens (tertiary/aromatic N) is 2. The molecule has 1 aliphatic rings. The molecule has 0 aliphatic carbocycles. The van der Waals surface area contributed by atoms with Gasteiger partial charge in [-0.1, -0.05) is 42.5 Å². The molecule has 6 nitrogen and oxygen atoms in total. The quantitative estimate of drug-likeness (QED) is 0.763. The van der Waals surface area contributed by atoms with Crippen molar-refractivity contribution in [1.82, 2.24) is 15.1 Å². The fourth-order valence-electron chi connectivity index (χ4n) is 4.09. The lowest BCUT2D eigenvalue weighted by Crippen LogP contribution is -2.57. The number of ether oxygens (including phenoxy) is 1. The molecule has 1 heterocycles. The van der Waals surface area contributed by atoms with E-state index in [1.807, 2.05) is 57.2 Å². The number of hydrogen-bond donors (Lipinski definition) is 1. The van der Waals surface area contributed by atoms with E-state index in [9.17, 15) is 14.0 Å². The average Bonchev–Trinajstić information content (AvgIpc) is 2.74. The first-order valence-electron chi connectivity index (χ1n) is 10.9. The number of halogens is 1. The summed E-state index contributed by atoms with van der Waals surface area (Å²) < 4.78 is 19.7. The standard InChI is InChI=1S/C25H32FN3O3/c1-25(2,3)32-24(31)28-13-14-29(21(17-28)16-22(30)27-4)23(18-9-6-5-7-10-18)19-11-8-12-20(26)15-19/h5-12,15,21,23H,13-14,16-17H2,1-4H3,(H,27,30)/t21-,23?/m1/s1. The van der Waals surface area contributed by atoms with E-state index in [2.05, 4.69) is 10.2 Å². The minimum atomic E-state index is -0.599. The number of piperazine rings is 1. The van der Waals surface area contributed by atoms with Crippen molar-refractivity contribution in [2.75, 3.05) is 26.7 Å². The van der Waals surface area contributed by atoms with Gasteiger partial charge in [0, 0.05) is 39.1 Å². The topological polar surface area (TPSA) is 61.9 Å². The summed E-state index contributed by atoms with van der Waals surface area (Å²) in [6.45, 7) is 6.82. The first-order valence-corrected chi connectivity index (χ1v) is 10.9. The third kappa shape index (κ3) is 6.07. The van der Waals surface area contributed by atoms with Crippen LogP contribution >= 0.6 is 0 Å². The molecular weight excluding hydrogens is 409 g/mol. The molecule has 2 atom stereocenters. The van der Waals surface area contributed by atoms with Gasteiger partial charge in [0.2, 0.25) is 5.91 Å². The van der Waals surface area contributed by atoms with E-state index in [-0.39, 0.29) is 36.3 Å². The number of hydrogen-bond acceptors (Lipinski definition) is 4. The van der Waals surface area contributed by atoms with Gasteiger partial charge in [-0.25, -0.2) is 9.18 Å². The Hall–Kier alpha value is -2.93. The summed E-state index contributed by atoms with van der Waals surface area (Å²) in [6.07, 6.45) is -0.171. The molecule has 1 N–H and O–H groups in total. The van der Waals surface area contributed by atoms with E-state index >= 15 is 0 Å². The molecule has 172 valence electrons. The molecule has 2 aromatic rings. The zero-order chi connectivity index (χ0) is 23.3. The first kappa shape index (κ1) is 23.7. The Morgan fingerprint density at radius 3 is 2.41 bits per heavy atom. The number of amides is 2. The van der Waals surface area contributed by atoms with Gasteiger partial charge in [0.15, 0.2) is 0 Å². The minimum absolute atomic E-state index is 0.114. The summed E-state index contributed by atoms with van der Waals surface area (Å²) in [5.41, 5.74) is 1.22. The molecule has 0 spiro atoms. The summed E-state index contributed by atoms with van der Waals surface area (Å²) in [6, 6.07) is 15.9. The Kier molecular flexibility index (Phi) is 7.51. The number of carbonyl (C=O) groups excluding carboxylic acids is 2. The minimum Gasteiger partial charge on any atom is -0.444 e. The summed E-state index contributed by atoms with van der Waals surface area (Å²) in [4.78, 5) is 28.9. The van der Waals surface area contributed by atoms with Gasteiger partial charge in [0.05, 0.1) is 6.04 Å². The number of nitrogens with one attached hydrogen (secondary N) is 1. The summed E-state index contributed by atoms with van der Waals surface area (Å²) in [5, 5.41) is 2.68. The summed E-state index contributed by atoms with van der Waals surface area (Å²) in [7, 11) is 1.60. The van der Waals surface area contributed by atoms with E-state index in [1.165, 1.54) is 12.1 Å². The maximum absolute atomic E-state index is 14.1. The van der Waals surface area contributed by atoms with Gasteiger partial charge in [-0.2, -0.15) is 0 Å². The fourth-order valence-corrected chi connectivity index (χ4v) is 4.09. The first-order chi connectivity index (χ1) is 15.2. The van der Waals surface area contributed by atoms with Crippen LogP contribution in [-0.4, -0.2) is 60.1 Å². The van der Waals surface area contributed by atoms with Gasteiger partial charge in [0.1, 0.15) is 11.4 Å². The van der Waals surface area contributed by atoms with Crippen LogP contribution in [0.2, 0.25) is 0 Å². The predicted octanol–water partition coefficient (Wildman–Crippen LogP) is 3.97. The molecule has 1 saturated heterocycles. The average molecular weight is 442 g/mol. The van der Waals surface area contributed by atoms with E-state index < -0.39 is 5.60 Å². The third-order valence-corrected chi connectivity index (χ3v) is 5.49. The van der Waals surface area contributed by atoms with Gasteiger partial charge in [-0.3, -0.25) is 9.69 Å². The van der Waals surface area contributed by atoms with Crippen molar-refractivity contribution in [3.63, 3.8) is 0 Å². The van der Waals surface area contributed by atoms with Crippen molar-refractivity contribution < 1.29 is 18.7 Å². The Morgan fingerprint density at radius 1 is 1.09 bits per heavy atom. The monoisotopic (exact) mass is 441 g/mol. The van der Waals surface area contributed by atoms with Gasteiger partial charge in [-0.05, 0) is 44.0 Å². The maximum atomic E-state index is 14.1. The zero-order valence-corrected chi connectivity index (χ0v) is 19.2. The third-order valence-electron chi connectivity index (χ3n) is 5.49. The molecule has 0 bridgehead atoms. The Morgan fingerprint density at radius 2 is 1.78 bits per heavy atom. The second kappa shape index (κ2) is 10.1. The lowest BCUT2D eigenvalue weighted by molar-refractivity contribution is -0.122. The van der Waals surface area contributed by atoms with Crippen molar-refractivity contribution in [2.45, 2.75) is 44.9 Å². The van der Waals surface area contributed by atoms with Crippen LogP contribution in [0, 0.1) is 5.82 Å². The fraction of sp³-hybridized carbons (Fsp3) is 0.440. The second-order valence-corrected chi connectivity index (χ2v) is 9.06. The Labute approximate surface area is 189 Å². The van der Waals surface area contributed by atoms with Gasteiger partial charge < -0.3 is 15.0 Å².